The van der Waals surface area contributed by atoms with Gasteiger partial charge in [-0.15, -0.1) is 0 Å². The Labute approximate surface area is 115 Å². The fourth-order valence-corrected chi connectivity index (χ4v) is 1.00. The molecule has 0 saturated heterocycles. The SMILES string of the molecule is C[C@H](NC(=O)OC(C)(C)C)C(=O)OCCC(F)=C(F)F. The number of hydrogen-bond acceptors (Lipinski definition) is 4. The number of amides is 1. The van der Waals surface area contributed by atoms with E-state index in [-0.39, 0.29) is 0 Å². The maximum Gasteiger partial charge on any atom is 0.408 e. The van der Waals surface area contributed by atoms with Gasteiger partial charge in [-0.1, -0.05) is 0 Å². The van der Waals surface area contributed by atoms with Gasteiger partial charge in [0, 0.05) is 6.42 Å². The molecule has 20 heavy (non-hydrogen) atoms. The molecule has 1 amide bonds. The Morgan fingerprint density at radius 2 is 1.75 bits per heavy atom. The lowest BCUT2D eigenvalue weighted by molar-refractivity contribution is -0.145. The van der Waals surface area contributed by atoms with Gasteiger partial charge in [-0.2, -0.15) is 8.78 Å². The van der Waals surface area contributed by atoms with Crippen molar-refractivity contribution in [3.63, 3.8) is 0 Å². The highest BCUT2D eigenvalue weighted by atomic mass is 19.3. The third-order valence-electron chi connectivity index (χ3n) is 1.86. The average Bonchev–Trinajstić information content (AvgIpc) is 2.25. The Morgan fingerprint density at radius 1 is 1.20 bits per heavy atom. The van der Waals surface area contributed by atoms with E-state index in [9.17, 15) is 22.8 Å². The van der Waals surface area contributed by atoms with Crippen LogP contribution >= 0.6 is 0 Å². The molecule has 0 bridgehead atoms. The third-order valence-corrected chi connectivity index (χ3v) is 1.86. The summed E-state index contributed by atoms with van der Waals surface area (Å²) < 4.78 is 45.3. The Bertz CT molecular complexity index is 387. The zero-order valence-electron chi connectivity index (χ0n) is 11.8. The maximum absolute atomic E-state index is 12.4. The normalized spacial score (nSPS) is 12.3. The molecule has 1 atom stereocenters. The van der Waals surface area contributed by atoms with Crippen molar-refractivity contribution in [1.82, 2.24) is 5.32 Å². The van der Waals surface area contributed by atoms with E-state index >= 15 is 0 Å². The fourth-order valence-electron chi connectivity index (χ4n) is 1.00. The number of carbonyl (C=O) groups is 2. The Kier molecular flexibility index (Phi) is 7.09. The summed E-state index contributed by atoms with van der Waals surface area (Å²) in [5.74, 6) is -2.51. The van der Waals surface area contributed by atoms with Crippen molar-refractivity contribution < 1.29 is 32.2 Å². The predicted octanol–water partition coefficient (Wildman–Crippen LogP) is 2.91. The van der Waals surface area contributed by atoms with Crippen LogP contribution in [-0.2, 0) is 14.3 Å². The van der Waals surface area contributed by atoms with Crippen LogP contribution in [0.3, 0.4) is 0 Å². The van der Waals surface area contributed by atoms with Crippen LogP contribution in [0.15, 0.2) is 11.9 Å². The molecule has 0 radical (unpaired) electrons. The highest BCUT2D eigenvalue weighted by Gasteiger charge is 2.22. The lowest BCUT2D eigenvalue weighted by atomic mass is 10.2. The molecule has 0 spiro atoms. The van der Waals surface area contributed by atoms with E-state index in [0.717, 1.165) is 0 Å². The van der Waals surface area contributed by atoms with Gasteiger partial charge in [0.1, 0.15) is 11.6 Å². The van der Waals surface area contributed by atoms with E-state index in [4.69, 9.17) is 4.74 Å². The van der Waals surface area contributed by atoms with Crippen molar-refractivity contribution in [2.24, 2.45) is 0 Å². The van der Waals surface area contributed by atoms with Crippen LogP contribution in [0.1, 0.15) is 34.1 Å². The lowest BCUT2D eigenvalue weighted by Crippen LogP contribution is -2.42. The molecule has 0 heterocycles. The summed E-state index contributed by atoms with van der Waals surface area (Å²) in [6.07, 6.45) is -3.98. The molecule has 0 aromatic heterocycles. The van der Waals surface area contributed by atoms with Crippen LogP contribution in [0.4, 0.5) is 18.0 Å². The van der Waals surface area contributed by atoms with E-state index in [1.165, 1.54) is 6.92 Å². The van der Waals surface area contributed by atoms with Crippen LogP contribution in [0.5, 0.6) is 0 Å². The molecule has 0 unspecified atom stereocenters. The van der Waals surface area contributed by atoms with Crippen LogP contribution < -0.4 is 5.32 Å². The molecule has 0 saturated carbocycles. The van der Waals surface area contributed by atoms with Gasteiger partial charge < -0.3 is 14.8 Å². The predicted molar refractivity (Wildman–Crippen MR) is 64.8 cm³/mol. The van der Waals surface area contributed by atoms with Gasteiger partial charge >= 0.3 is 18.1 Å². The van der Waals surface area contributed by atoms with Crippen molar-refractivity contribution in [3.8, 4) is 0 Å². The van der Waals surface area contributed by atoms with E-state index < -0.39 is 48.6 Å². The van der Waals surface area contributed by atoms with Gasteiger partial charge in [0.2, 0.25) is 0 Å². The second kappa shape index (κ2) is 7.76. The lowest BCUT2D eigenvalue weighted by Gasteiger charge is -2.21. The minimum absolute atomic E-state index is 0.539. The molecule has 0 aromatic rings. The highest BCUT2D eigenvalue weighted by Crippen LogP contribution is 2.13. The molecule has 116 valence electrons. The Balaban J connectivity index is 4.11. The maximum atomic E-state index is 12.4. The molecule has 0 aromatic carbocycles. The van der Waals surface area contributed by atoms with Crippen LogP contribution in [0, 0.1) is 0 Å². The smallest absolute Gasteiger partial charge is 0.408 e. The van der Waals surface area contributed by atoms with Gasteiger partial charge in [0.25, 0.3) is 0 Å². The van der Waals surface area contributed by atoms with Crippen LogP contribution in [0.2, 0.25) is 0 Å². The first-order valence-corrected chi connectivity index (χ1v) is 5.88. The first-order chi connectivity index (χ1) is 9.03. The highest BCUT2D eigenvalue weighted by molar-refractivity contribution is 5.81. The monoisotopic (exact) mass is 297 g/mol. The summed E-state index contributed by atoms with van der Waals surface area (Å²) in [7, 11) is 0. The molecule has 0 fully saturated rings. The largest absolute Gasteiger partial charge is 0.464 e. The number of hydrogen-bond donors (Lipinski definition) is 1. The molecule has 8 heteroatoms. The summed E-state index contributed by atoms with van der Waals surface area (Å²) in [4.78, 5) is 22.7. The summed E-state index contributed by atoms with van der Waals surface area (Å²) in [6, 6.07) is -1.04. The topological polar surface area (TPSA) is 64.6 Å². The number of esters is 1. The molecular weight excluding hydrogens is 279 g/mol. The van der Waals surface area contributed by atoms with Crippen molar-refractivity contribution in [2.75, 3.05) is 6.61 Å². The zero-order valence-corrected chi connectivity index (χ0v) is 11.8. The van der Waals surface area contributed by atoms with Gasteiger partial charge in [-0.3, -0.25) is 0 Å². The average molecular weight is 297 g/mol. The Morgan fingerprint density at radius 3 is 2.20 bits per heavy atom. The third kappa shape index (κ3) is 8.39. The van der Waals surface area contributed by atoms with Gasteiger partial charge in [0.05, 0.1) is 6.61 Å². The second-order valence-corrected chi connectivity index (χ2v) is 4.95. The van der Waals surface area contributed by atoms with Crippen molar-refractivity contribution >= 4 is 12.1 Å². The molecule has 0 aliphatic rings. The van der Waals surface area contributed by atoms with Crippen LogP contribution in [-0.4, -0.2) is 30.3 Å². The fraction of sp³-hybridized carbons (Fsp3) is 0.667. The van der Waals surface area contributed by atoms with E-state index in [1.54, 1.807) is 20.8 Å². The number of carbonyl (C=O) groups excluding carboxylic acids is 2. The molecule has 0 aliphatic heterocycles. The van der Waals surface area contributed by atoms with E-state index in [2.05, 4.69) is 10.1 Å². The van der Waals surface area contributed by atoms with Crippen molar-refractivity contribution in [2.45, 2.75) is 45.8 Å². The number of rotatable bonds is 5. The first-order valence-electron chi connectivity index (χ1n) is 5.88. The van der Waals surface area contributed by atoms with Crippen molar-refractivity contribution in [3.05, 3.63) is 11.9 Å². The number of alkyl carbamates (subject to hydrolysis) is 1. The van der Waals surface area contributed by atoms with Crippen molar-refractivity contribution in [1.29, 1.82) is 0 Å². The minimum Gasteiger partial charge on any atom is -0.464 e. The molecule has 0 rings (SSSR count). The van der Waals surface area contributed by atoms with Gasteiger partial charge in [-0.05, 0) is 27.7 Å². The summed E-state index contributed by atoms with van der Waals surface area (Å²) >= 11 is 0. The van der Waals surface area contributed by atoms with Crippen LogP contribution in [0.25, 0.3) is 0 Å². The van der Waals surface area contributed by atoms with E-state index in [0.29, 0.717) is 0 Å². The quantitative estimate of drug-likeness (QED) is 0.792. The standard InChI is InChI=1S/C12H18F3NO4/c1-7(16-11(18)20-12(2,3)4)10(17)19-6-5-8(13)9(14)15/h7H,5-6H2,1-4H3,(H,16,18)/t7-/m0/s1. The number of ether oxygens (including phenoxy) is 2. The minimum atomic E-state index is -2.44. The molecule has 1 N–H and O–H groups in total. The summed E-state index contributed by atoms with van der Waals surface area (Å²) in [6.45, 7) is 5.74. The summed E-state index contributed by atoms with van der Waals surface area (Å²) in [5.41, 5.74) is -0.722. The second-order valence-electron chi connectivity index (χ2n) is 4.95. The Hall–Kier alpha value is -1.73. The molecule has 5 nitrogen and oxygen atoms in total. The zero-order chi connectivity index (χ0) is 15.9. The first kappa shape index (κ1) is 18.3. The van der Waals surface area contributed by atoms with Gasteiger partial charge in [0.15, 0.2) is 5.83 Å². The van der Waals surface area contributed by atoms with Gasteiger partial charge in [-0.25, -0.2) is 14.0 Å². The van der Waals surface area contributed by atoms with E-state index in [1.807, 2.05) is 0 Å². The molecule has 0 aliphatic carbocycles. The molecular formula is C12H18F3NO4. The number of nitrogens with one attached hydrogen (secondary N) is 1. The number of halogens is 3. The summed E-state index contributed by atoms with van der Waals surface area (Å²) in [5, 5.41) is 2.21.